The van der Waals surface area contributed by atoms with Crippen LogP contribution in [0.1, 0.15) is 52.0 Å². The van der Waals surface area contributed by atoms with Gasteiger partial charge in [0.15, 0.2) is 0 Å². The van der Waals surface area contributed by atoms with Gasteiger partial charge in [-0.1, -0.05) is 55.6 Å². The zero-order valence-electron chi connectivity index (χ0n) is 12.3. The lowest BCUT2D eigenvalue weighted by atomic mass is 9.88. The lowest BCUT2D eigenvalue weighted by Gasteiger charge is -2.30. The first-order valence-corrected chi connectivity index (χ1v) is 8.43. The highest BCUT2D eigenvalue weighted by atomic mass is 79.9. The molecule has 1 fully saturated rings. The number of halogens is 1. The number of anilines is 1. The number of aromatic nitrogens is 1. The zero-order chi connectivity index (χ0) is 13.9. The molecule has 0 spiro atoms. The molecule has 1 aromatic rings. The molecule has 2 rings (SSSR count). The fourth-order valence-corrected chi connectivity index (χ4v) is 3.17. The van der Waals surface area contributed by atoms with Crippen molar-refractivity contribution >= 4 is 21.7 Å². The molecule has 1 aliphatic carbocycles. The molecule has 19 heavy (non-hydrogen) atoms. The molecule has 1 heterocycles. The molecule has 0 amide bonds. The Labute approximate surface area is 125 Å². The molecule has 0 aliphatic heterocycles. The van der Waals surface area contributed by atoms with Crippen LogP contribution in [0.25, 0.3) is 0 Å². The smallest absolute Gasteiger partial charge is 0.128 e. The van der Waals surface area contributed by atoms with Gasteiger partial charge in [-0.25, -0.2) is 4.98 Å². The summed E-state index contributed by atoms with van der Waals surface area (Å²) in [4.78, 5) is 7.19. The Hall–Kier alpha value is -0.570. The molecule has 3 heteroatoms. The molecular formula is C16H25BrN2. The summed E-state index contributed by atoms with van der Waals surface area (Å²) >= 11 is 3.57. The molecule has 0 bridgehead atoms. The molecule has 2 nitrogen and oxygen atoms in total. The molecule has 0 saturated heterocycles. The van der Waals surface area contributed by atoms with Crippen LogP contribution in [0.15, 0.2) is 18.3 Å². The van der Waals surface area contributed by atoms with Gasteiger partial charge in [0.2, 0.25) is 0 Å². The molecule has 0 radical (unpaired) electrons. The summed E-state index contributed by atoms with van der Waals surface area (Å²) in [5.41, 5.74) is 1.49. The molecular weight excluding hydrogens is 300 g/mol. The first-order chi connectivity index (χ1) is 9.02. The van der Waals surface area contributed by atoms with E-state index in [9.17, 15) is 0 Å². The number of hydrogen-bond acceptors (Lipinski definition) is 2. The number of nitrogens with zero attached hydrogens (tertiary/aromatic N) is 2. The number of rotatable bonds is 4. The van der Waals surface area contributed by atoms with Gasteiger partial charge in [0.05, 0.1) is 0 Å². The van der Waals surface area contributed by atoms with Crippen molar-refractivity contribution in [3.8, 4) is 0 Å². The number of hydrogen-bond donors (Lipinski definition) is 0. The summed E-state index contributed by atoms with van der Waals surface area (Å²) in [6.07, 6.45) is 7.41. The van der Waals surface area contributed by atoms with Gasteiger partial charge >= 0.3 is 0 Å². The van der Waals surface area contributed by atoms with Crippen LogP contribution < -0.4 is 4.90 Å². The summed E-state index contributed by atoms with van der Waals surface area (Å²) < 4.78 is 0. The van der Waals surface area contributed by atoms with Gasteiger partial charge in [0.1, 0.15) is 5.82 Å². The van der Waals surface area contributed by atoms with E-state index in [1.54, 1.807) is 0 Å². The first-order valence-electron chi connectivity index (χ1n) is 7.31. The van der Waals surface area contributed by atoms with Gasteiger partial charge in [0, 0.05) is 24.1 Å². The van der Waals surface area contributed by atoms with E-state index in [1.807, 2.05) is 6.20 Å². The van der Waals surface area contributed by atoms with Crippen molar-refractivity contribution in [2.45, 2.75) is 57.9 Å². The minimum Gasteiger partial charge on any atom is -0.353 e. The minimum absolute atomic E-state index is 0.180. The predicted molar refractivity (Wildman–Crippen MR) is 86.3 cm³/mol. The summed E-state index contributed by atoms with van der Waals surface area (Å²) in [7, 11) is 0. The maximum absolute atomic E-state index is 4.71. The van der Waals surface area contributed by atoms with Crippen molar-refractivity contribution in [2.24, 2.45) is 0 Å². The van der Waals surface area contributed by atoms with Crippen LogP contribution >= 0.6 is 15.9 Å². The van der Waals surface area contributed by atoms with Gasteiger partial charge in [-0.2, -0.15) is 0 Å². The van der Waals surface area contributed by atoms with Gasteiger partial charge in [-0.15, -0.1) is 0 Å². The lowest BCUT2D eigenvalue weighted by Crippen LogP contribution is -2.35. The Kier molecular flexibility index (Phi) is 4.88. The molecule has 1 saturated carbocycles. The fourth-order valence-electron chi connectivity index (χ4n) is 2.79. The molecule has 0 atom stereocenters. The first kappa shape index (κ1) is 14.8. The highest BCUT2D eigenvalue weighted by molar-refractivity contribution is 9.09. The Morgan fingerprint density at radius 2 is 1.95 bits per heavy atom. The van der Waals surface area contributed by atoms with Crippen LogP contribution in [0.2, 0.25) is 0 Å². The lowest BCUT2D eigenvalue weighted by molar-refractivity contribution is 0.584. The molecule has 1 aromatic heterocycles. The average molecular weight is 325 g/mol. The van der Waals surface area contributed by atoms with E-state index in [1.165, 1.54) is 31.2 Å². The Bertz CT molecular complexity index is 388. The van der Waals surface area contributed by atoms with E-state index in [0.29, 0.717) is 6.04 Å². The van der Waals surface area contributed by atoms with Crippen LogP contribution in [0.5, 0.6) is 0 Å². The van der Waals surface area contributed by atoms with Gasteiger partial charge in [0.25, 0.3) is 0 Å². The predicted octanol–water partition coefficient (Wildman–Crippen LogP) is 4.52. The highest BCUT2D eigenvalue weighted by Crippen LogP contribution is 2.28. The van der Waals surface area contributed by atoms with Crippen molar-refractivity contribution in [1.29, 1.82) is 0 Å². The van der Waals surface area contributed by atoms with E-state index in [2.05, 4.69) is 53.7 Å². The second-order valence-corrected chi connectivity index (χ2v) is 7.27. The third-order valence-corrected chi connectivity index (χ3v) is 4.35. The zero-order valence-corrected chi connectivity index (χ0v) is 13.9. The second-order valence-electron chi connectivity index (χ2n) is 6.48. The Morgan fingerprint density at radius 1 is 1.26 bits per heavy atom. The van der Waals surface area contributed by atoms with E-state index >= 15 is 0 Å². The van der Waals surface area contributed by atoms with E-state index < -0.39 is 0 Å². The Balaban J connectivity index is 2.17. The average Bonchev–Trinajstić information content (AvgIpc) is 2.89. The van der Waals surface area contributed by atoms with Crippen LogP contribution in [0, 0.1) is 0 Å². The van der Waals surface area contributed by atoms with Crippen molar-refractivity contribution in [2.75, 3.05) is 16.8 Å². The van der Waals surface area contributed by atoms with Crippen LogP contribution in [-0.4, -0.2) is 22.9 Å². The Morgan fingerprint density at radius 3 is 2.42 bits per heavy atom. The number of pyridine rings is 1. The van der Waals surface area contributed by atoms with Crippen molar-refractivity contribution in [1.82, 2.24) is 4.98 Å². The SMILES string of the molecule is CC(C)(C)c1ccc(N(CCBr)C2CCCC2)nc1. The normalized spacial score (nSPS) is 16.8. The van der Waals surface area contributed by atoms with Crippen molar-refractivity contribution < 1.29 is 0 Å². The molecule has 1 aliphatic rings. The molecule has 106 valence electrons. The molecule has 0 unspecified atom stereocenters. The van der Waals surface area contributed by atoms with Crippen LogP contribution in [0.4, 0.5) is 5.82 Å². The maximum atomic E-state index is 4.71. The third-order valence-electron chi connectivity index (χ3n) is 4.00. The molecule has 0 N–H and O–H groups in total. The summed E-state index contributed by atoms with van der Waals surface area (Å²) in [5.74, 6) is 1.14. The fraction of sp³-hybridized carbons (Fsp3) is 0.688. The monoisotopic (exact) mass is 324 g/mol. The topological polar surface area (TPSA) is 16.1 Å². The van der Waals surface area contributed by atoms with E-state index in [4.69, 9.17) is 4.98 Å². The van der Waals surface area contributed by atoms with E-state index in [0.717, 1.165) is 17.7 Å². The van der Waals surface area contributed by atoms with Crippen LogP contribution in [0.3, 0.4) is 0 Å². The quantitative estimate of drug-likeness (QED) is 0.757. The standard InChI is InChI=1S/C16H25BrN2/c1-16(2,3)13-8-9-15(18-12-13)19(11-10-17)14-6-4-5-7-14/h8-9,12,14H,4-7,10-11H2,1-3H3. The van der Waals surface area contributed by atoms with Crippen molar-refractivity contribution in [3.63, 3.8) is 0 Å². The van der Waals surface area contributed by atoms with E-state index in [-0.39, 0.29) is 5.41 Å². The summed E-state index contributed by atoms with van der Waals surface area (Å²) in [5, 5.41) is 1.01. The largest absolute Gasteiger partial charge is 0.353 e. The minimum atomic E-state index is 0.180. The van der Waals surface area contributed by atoms with Gasteiger partial charge in [-0.3, -0.25) is 0 Å². The highest BCUT2D eigenvalue weighted by Gasteiger charge is 2.23. The number of alkyl halides is 1. The van der Waals surface area contributed by atoms with Gasteiger partial charge < -0.3 is 4.90 Å². The maximum Gasteiger partial charge on any atom is 0.128 e. The second kappa shape index (κ2) is 6.25. The van der Waals surface area contributed by atoms with Crippen LogP contribution in [-0.2, 0) is 5.41 Å². The molecule has 0 aromatic carbocycles. The van der Waals surface area contributed by atoms with Crippen molar-refractivity contribution in [3.05, 3.63) is 23.9 Å². The third kappa shape index (κ3) is 3.71. The summed E-state index contributed by atoms with van der Waals surface area (Å²) in [6.45, 7) is 7.75. The summed E-state index contributed by atoms with van der Waals surface area (Å²) in [6, 6.07) is 5.12. The van der Waals surface area contributed by atoms with Gasteiger partial charge in [-0.05, 0) is 29.9 Å².